The van der Waals surface area contributed by atoms with Crippen LogP contribution in [0.2, 0.25) is 0 Å². The topological polar surface area (TPSA) is 33.6 Å². The molecular formula is C53H33F6N3. The lowest BCUT2D eigenvalue weighted by atomic mass is 9.95. The van der Waals surface area contributed by atoms with Gasteiger partial charge in [-0.25, -0.2) is 0 Å². The summed E-state index contributed by atoms with van der Waals surface area (Å²) in [5, 5.41) is 14.4. The predicted molar refractivity (Wildman–Crippen MR) is 236 cm³/mol. The van der Waals surface area contributed by atoms with Gasteiger partial charge in [-0.1, -0.05) is 120 Å². The van der Waals surface area contributed by atoms with Gasteiger partial charge in [0.2, 0.25) is 0 Å². The summed E-state index contributed by atoms with van der Waals surface area (Å²) < 4.78 is 91.5. The monoisotopic (exact) mass is 825 g/mol. The Morgan fingerprint density at radius 1 is 0.403 bits per heavy atom. The molecule has 0 aliphatic heterocycles. The molecule has 0 bridgehead atoms. The van der Waals surface area contributed by atoms with E-state index in [2.05, 4.69) is 6.07 Å². The molecule has 0 saturated carbocycles. The highest BCUT2D eigenvalue weighted by Gasteiger charge is 2.37. The molecular weight excluding hydrogens is 793 g/mol. The fourth-order valence-electron chi connectivity index (χ4n) is 8.69. The number of fused-ring (bicyclic) bond motifs is 6. The summed E-state index contributed by atoms with van der Waals surface area (Å²) in [4.78, 5) is 0. The molecule has 9 heteroatoms. The largest absolute Gasteiger partial charge is 0.416 e. The van der Waals surface area contributed by atoms with E-state index >= 15 is 0 Å². The Morgan fingerprint density at radius 2 is 0.823 bits per heavy atom. The van der Waals surface area contributed by atoms with Gasteiger partial charge in [0.25, 0.3) is 0 Å². The fraction of sp³-hybridized carbons (Fsp3) is 0.0755. The third-order valence-corrected chi connectivity index (χ3v) is 11.7. The van der Waals surface area contributed by atoms with Crippen molar-refractivity contribution in [1.29, 1.82) is 5.26 Å². The minimum atomic E-state index is -5.10. The van der Waals surface area contributed by atoms with Gasteiger partial charge in [0.05, 0.1) is 50.1 Å². The van der Waals surface area contributed by atoms with Gasteiger partial charge >= 0.3 is 12.4 Å². The molecule has 0 radical (unpaired) electrons. The van der Waals surface area contributed by atoms with Crippen molar-refractivity contribution < 1.29 is 26.3 Å². The molecule has 0 atom stereocenters. The third-order valence-electron chi connectivity index (χ3n) is 11.7. The number of rotatable bonds is 5. The highest BCUT2D eigenvalue weighted by molar-refractivity contribution is 6.12. The lowest BCUT2D eigenvalue weighted by Crippen LogP contribution is -2.11. The van der Waals surface area contributed by atoms with Gasteiger partial charge in [0.1, 0.15) is 6.07 Å². The summed E-state index contributed by atoms with van der Waals surface area (Å²) in [5.41, 5.74) is 6.09. The molecule has 2 heterocycles. The number of alkyl halides is 6. The number of para-hydroxylation sites is 2. The first-order chi connectivity index (χ1) is 29.8. The Bertz CT molecular complexity index is 3420. The maximum absolute atomic E-state index is 14.6. The van der Waals surface area contributed by atoms with Gasteiger partial charge in [-0.15, -0.1) is 0 Å². The Kier molecular flexibility index (Phi) is 8.89. The van der Waals surface area contributed by atoms with Crippen molar-refractivity contribution >= 4 is 43.6 Å². The van der Waals surface area contributed by atoms with E-state index in [1.54, 1.807) is 12.1 Å². The molecule has 0 aliphatic rings. The van der Waals surface area contributed by atoms with E-state index < -0.39 is 23.5 Å². The van der Waals surface area contributed by atoms with Crippen LogP contribution in [0.1, 0.15) is 27.8 Å². The van der Waals surface area contributed by atoms with Crippen molar-refractivity contribution in [2.75, 3.05) is 0 Å². The van der Waals surface area contributed by atoms with Gasteiger partial charge in [0, 0.05) is 27.1 Å². The van der Waals surface area contributed by atoms with E-state index in [-0.39, 0.29) is 28.4 Å². The molecule has 0 spiro atoms. The van der Waals surface area contributed by atoms with Gasteiger partial charge in [-0.05, 0) is 96.3 Å². The Labute approximate surface area is 351 Å². The summed E-state index contributed by atoms with van der Waals surface area (Å²) >= 11 is 0. The number of hydrogen-bond donors (Lipinski definition) is 0. The lowest BCUT2D eigenvalue weighted by Gasteiger charge is -2.21. The summed E-state index contributed by atoms with van der Waals surface area (Å²) in [6, 6.07) is 50.2. The van der Waals surface area contributed by atoms with Crippen LogP contribution in [0.3, 0.4) is 0 Å². The van der Waals surface area contributed by atoms with Crippen LogP contribution in [-0.2, 0) is 12.4 Å². The minimum absolute atomic E-state index is 0.0691. The quantitative estimate of drug-likeness (QED) is 0.159. The summed E-state index contributed by atoms with van der Waals surface area (Å²) in [6.07, 6.45) is -10.2. The molecule has 2 aromatic heterocycles. The summed E-state index contributed by atoms with van der Waals surface area (Å²) in [7, 11) is 0. The molecule has 0 saturated heterocycles. The number of benzene rings is 8. The first-order valence-electron chi connectivity index (χ1n) is 19.9. The standard InChI is InChI=1S/C53H33F6N3/c1-31-11-15-33(16-12-31)35-19-21-43-41-7-3-5-9-46(41)61(49(43)25-35)48-29-45(37-23-39(52(54,55)56)28-40(24-37)53(57,58)59)51(27-38(48)30-60)62-47-10-6-4-8-42(47)44-22-20-36(26-50(44)62)34-17-13-32(2)14-18-34/h3-29H,1-2H3. The number of nitriles is 1. The average molecular weight is 826 g/mol. The first-order valence-corrected chi connectivity index (χ1v) is 19.9. The van der Waals surface area contributed by atoms with Gasteiger partial charge in [-0.2, -0.15) is 31.6 Å². The van der Waals surface area contributed by atoms with Gasteiger partial charge < -0.3 is 9.13 Å². The predicted octanol–water partition coefficient (Wildman–Crippen LogP) is 15.4. The number of halogens is 6. The lowest BCUT2D eigenvalue weighted by molar-refractivity contribution is -0.143. The molecule has 3 nitrogen and oxygen atoms in total. The zero-order valence-electron chi connectivity index (χ0n) is 33.2. The molecule has 0 aliphatic carbocycles. The van der Waals surface area contributed by atoms with Crippen molar-refractivity contribution in [2.24, 2.45) is 0 Å². The highest BCUT2D eigenvalue weighted by Crippen LogP contribution is 2.45. The van der Waals surface area contributed by atoms with Crippen LogP contribution in [0.4, 0.5) is 26.3 Å². The van der Waals surface area contributed by atoms with Gasteiger partial charge in [0.15, 0.2) is 0 Å². The van der Waals surface area contributed by atoms with E-state index in [1.807, 2.05) is 156 Å². The second kappa shape index (κ2) is 14.3. The van der Waals surface area contributed by atoms with Crippen molar-refractivity contribution in [1.82, 2.24) is 9.13 Å². The minimum Gasteiger partial charge on any atom is -0.309 e. The van der Waals surface area contributed by atoms with Gasteiger partial charge in [-0.3, -0.25) is 0 Å². The van der Waals surface area contributed by atoms with Crippen LogP contribution in [0, 0.1) is 25.2 Å². The van der Waals surface area contributed by atoms with E-state index in [1.165, 1.54) is 0 Å². The average Bonchev–Trinajstić information content (AvgIpc) is 3.77. The fourth-order valence-corrected chi connectivity index (χ4v) is 8.69. The van der Waals surface area contributed by atoms with Crippen molar-refractivity contribution in [3.63, 3.8) is 0 Å². The van der Waals surface area contributed by atoms with Crippen LogP contribution in [0.5, 0.6) is 0 Å². The van der Waals surface area contributed by atoms with Crippen molar-refractivity contribution in [2.45, 2.75) is 26.2 Å². The SMILES string of the molecule is Cc1ccc(-c2ccc3c4ccccc4n(-c4cc(-c5cc(C(F)(F)F)cc(C(F)(F)F)c5)c(-n5c6ccccc6c6ccc(-c7ccc(C)cc7)cc65)cc4C#N)c3c2)cc1. The molecule has 0 fully saturated rings. The van der Waals surface area contributed by atoms with Crippen LogP contribution in [0.15, 0.2) is 164 Å². The molecule has 0 N–H and O–H groups in total. The highest BCUT2D eigenvalue weighted by atomic mass is 19.4. The number of hydrogen-bond acceptors (Lipinski definition) is 1. The van der Waals surface area contributed by atoms with E-state index in [0.717, 1.165) is 67.1 Å². The van der Waals surface area contributed by atoms with Crippen LogP contribution >= 0.6 is 0 Å². The summed E-state index contributed by atoms with van der Waals surface area (Å²) in [6.45, 7) is 3.99. The van der Waals surface area contributed by atoms with Crippen LogP contribution in [-0.4, -0.2) is 9.13 Å². The number of aryl methyl sites for hydroxylation is 2. The second-order valence-corrected chi connectivity index (χ2v) is 15.7. The molecule has 8 aromatic carbocycles. The van der Waals surface area contributed by atoms with Crippen LogP contribution in [0.25, 0.3) is 88.4 Å². The molecule has 10 aromatic rings. The van der Waals surface area contributed by atoms with Crippen molar-refractivity contribution in [3.05, 3.63) is 192 Å². The molecule has 62 heavy (non-hydrogen) atoms. The molecule has 0 amide bonds. The van der Waals surface area contributed by atoms with E-state index in [9.17, 15) is 31.6 Å². The normalized spacial score (nSPS) is 12.2. The Balaban J connectivity index is 1.34. The smallest absolute Gasteiger partial charge is 0.309 e. The molecule has 0 unspecified atom stereocenters. The number of aromatic nitrogens is 2. The third kappa shape index (κ3) is 6.47. The maximum Gasteiger partial charge on any atom is 0.416 e. The Hall–Kier alpha value is -7.57. The maximum atomic E-state index is 14.6. The second-order valence-electron chi connectivity index (χ2n) is 15.7. The molecule has 10 rings (SSSR count). The van der Waals surface area contributed by atoms with E-state index in [4.69, 9.17) is 0 Å². The molecule has 302 valence electrons. The van der Waals surface area contributed by atoms with Crippen LogP contribution < -0.4 is 0 Å². The number of nitrogens with zero attached hydrogens (tertiary/aromatic N) is 3. The first kappa shape index (κ1) is 38.6. The van der Waals surface area contributed by atoms with Crippen molar-refractivity contribution in [3.8, 4) is 50.8 Å². The Morgan fingerprint density at radius 3 is 1.27 bits per heavy atom. The zero-order chi connectivity index (χ0) is 43.1. The van der Waals surface area contributed by atoms with E-state index in [0.29, 0.717) is 27.8 Å². The zero-order valence-corrected chi connectivity index (χ0v) is 33.2. The summed E-state index contributed by atoms with van der Waals surface area (Å²) in [5.74, 6) is 0.